The summed E-state index contributed by atoms with van der Waals surface area (Å²) in [7, 11) is 0. The van der Waals surface area contributed by atoms with Crippen molar-refractivity contribution in [2.45, 2.75) is 71.3 Å². The van der Waals surface area contributed by atoms with Crippen LogP contribution < -0.4 is 5.32 Å². The molecule has 0 aromatic carbocycles. The van der Waals surface area contributed by atoms with Crippen LogP contribution in [0.15, 0.2) is 22.8 Å². The van der Waals surface area contributed by atoms with E-state index in [1.54, 1.807) is 6.26 Å². The molecular formula is C18H31NO. The van der Waals surface area contributed by atoms with Crippen molar-refractivity contribution in [3.63, 3.8) is 0 Å². The summed E-state index contributed by atoms with van der Waals surface area (Å²) in [6.45, 7) is 5.68. The van der Waals surface area contributed by atoms with Gasteiger partial charge in [-0.05, 0) is 49.8 Å². The van der Waals surface area contributed by atoms with Gasteiger partial charge in [0, 0.05) is 12.5 Å². The first-order valence-corrected chi connectivity index (χ1v) is 8.59. The molecule has 1 atom stereocenters. The van der Waals surface area contributed by atoms with Crippen molar-refractivity contribution in [1.29, 1.82) is 0 Å². The molecule has 0 spiro atoms. The zero-order valence-corrected chi connectivity index (χ0v) is 13.2. The maximum atomic E-state index is 5.55. The number of hydrogen-bond donors (Lipinski definition) is 1. The average molecular weight is 277 g/mol. The van der Waals surface area contributed by atoms with Gasteiger partial charge in [-0.1, -0.05) is 39.5 Å². The van der Waals surface area contributed by atoms with Gasteiger partial charge in [-0.3, -0.25) is 0 Å². The lowest BCUT2D eigenvalue weighted by Crippen LogP contribution is -2.40. The van der Waals surface area contributed by atoms with Crippen LogP contribution in [0.1, 0.15) is 64.6 Å². The van der Waals surface area contributed by atoms with Crippen LogP contribution in [0.4, 0.5) is 0 Å². The third-order valence-electron chi connectivity index (χ3n) is 4.82. The molecule has 0 bridgehead atoms. The van der Waals surface area contributed by atoms with Gasteiger partial charge in [-0.15, -0.1) is 0 Å². The molecule has 2 heteroatoms. The molecule has 0 aliphatic heterocycles. The van der Waals surface area contributed by atoms with Gasteiger partial charge >= 0.3 is 0 Å². The summed E-state index contributed by atoms with van der Waals surface area (Å²) in [5.41, 5.74) is 0. The largest absolute Gasteiger partial charge is 0.469 e. The summed E-state index contributed by atoms with van der Waals surface area (Å²) < 4.78 is 5.55. The Bertz CT molecular complexity index is 338. The third-order valence-corrected chi connectivity index (χ3v) is 4.82. The summed E-state index contributed by atoms with van der Waals surface area (Å²) in [5, 5.41) is 3.76. The monoisotopic (exact) mass is 277 g/mol. The highest BCUT2D eigenvalue weighted by molar-refractivity contribution is 5.01. The molecular weight excluding hydrogens is 246 g/mol. The van der Waals surface area contributed by atoms with Crippen molar-refractivity contribution in [3.8, 4) is 0 Å². The zero-order valence-electron chi connectivity index (χ0n) is 13.2. The number of nitrogens with one attached hydrogen (secondary N) is 1. The summed E-state index contributed by atoms with van der Waals surface area (Å²) in [4.78, 5) is 0. The molecule has 114 valence electrons. The lowest BCUT2D eigenvalue weighted by Gasteiger charge is -2.34. The molecule has 1 aliphatic carbocycles. The van der Waals surface area contributed by atoms with Crippen molar-refractivity contribution >= 4 is 0 Å². The van der Waals surface area contributed by atoms with Gasteiger partial charge in [-0.2, -0.15) is 0 Å². The Balaban J connectivity index is 1.86. The Labute approximate surface area is 124 Å². The summed E-state index contributed by atoms with van der Waals surface area (Å²) in [6, 6.07) is 4.72. The minimum atomic E-state index is 0.601. The summed E-state index contributed by atoms with van der Waals surface area (Å²) >= 11 is 0. The average Bonchev–Trinajstić information content (AvgIpc) is 2.98. The maximum absolute atomic E-state index is 5.55. The van der Waals surface area contributed by atoms with E-state index in [1.807, 2.05) is 6.07 Å². The van der Waals surface area contributed by atoms with Crippen LogP contribution in [-0.4, -0.2) is 12.6 Å². The molecule has 1 saturated carbocycles. The second-order valence-electron chi connectivity index (χ2n) is 6.41. The first kappa shape index (κ1) is 15.6. The molecule has 0 saturated heterocycles. The molecule has 1 fully saturated rings. The Morgan fingerprint density at radius 2 is 2.00 bits per heavy atom. The molecule has 1 N–H and O–H groups in total. The Kier molecular flexibility index (Phi) is 6.65. The lowest BCUT2D eigenvalue weighted by atomic mass is 9.76. The van der Waals surface area contributed by atoms with Gasteiger partial charge in [0.2, 0.25) is 0 Å². The number of hydrogen-bond acceptors (Lipinski definition) is 2. The normalized spacial score (nSPS) is 24.7. The second-order valence-corrected chi connectivity index (χ2v) is 6.41. The smallest absolute Gasteiger partial charge is 0.105 e. The van der Waals surface area contributed by atoms with E-state index < -0.39 is 0 Å². The fraction of sp³-hybridized carbons (Fsp3) is 0.778. The van der Waals surface area contributed by atoms with Gasteiger partial charge in [-0.25, -0.2) is 0 Å². The minimum Gasteiger partial charge on any atom is -0.469 e. The Hall–Kier alpha value is -0.760. The maximum Gasteiger partial charge on any atom is 0.105 e. The van der Waals surface area contributed by atoms with E-state index in [2.05, 4.69) is 25.2 Å². The number of rotatable bonds is 8. The molecule has 1 aromatic heterocycles. The van der Waals surface area contributed by atoms with Crippen LogP contribution in [0.3, 0.4) is 0 Å². The predicted molar refractivity (Wildman–Crippen MR) is 84.8 cm³/mol. The van der Waals surface area contributed by atoms with Crippen molar-refractivity contribution in [3.05, 3.63) is 24.2 Å². The van der Waals surface area contributed by atoms with Crippen LogP contribution in [0, 0.1) is 11.8 Å². The van der Waals surface area contributed by atoms with E-state index in [0.29, 0.717) is 6.04 Å². The van der Waals surface area contributed by atoms with Crippen LogP contribution in [0.25, 0.3) is 0 Å². The molecule has 20 heavy (non-hydrogen) atoms. The van der Waals surface area contributed by atoms with E-state index in [0.717, 1.165) is 30.6 Å². The van der Waals surface area contributed by atoms with Crippen molar-refractivity contribution in [2.24, 2.45) is 11.8 Å². The van der Waals surface area contributed by atoms with Crippen molar-refractivity contribution < 1.29 is 4.42 Å². The molecule has 1 aromatic rings. The van der Waals surface area contributed by atoms with Gasteiger partial charge in [0.25, 0.3) is 0 Å². The number of furan rings is 1. The van der Waals surface area contributed by atoms with Crippen molar-refractivity contribution in [2.75, 3.05) is 6.54 Å². The van der Waals surface area contributed by atoms with Gasteiger partial charge in [0.15, 0.2) is 0 Å². The molecule has 1 unspecified atom stereocenters. The quantitative estimate of drug-likeness (QED) is 0.738. The van der Waals surface area contributed by atoms with E-state index in [-0.39, 0.29) is 0 Å². The highest BCUT2D eigenvalue weighted by Crippen LogP contribution is 2.34. The van der Waals surface area contributed by atoms with Crippen LogP contribution in [0.2, 0.25) is 0 Å². The van der Waals surface area contributed by atoms with Gasteiger partial charge in [0.05, 0.1) is 6.26 Å². The molecule has 0 amide bonds. The highest BCUT2D eigenvalue weighted by atomic mass is 16.3. The van der Waals surface area contributed by atoms with Gasteiger partial charge < -0.3 is 9.73 Å². The van der Waals surface area contributed by atoms with Crippen LogP contribution >= 0.6 is 0 Å². The van der Waals surface area contributed by atoms with E-state index >= 15 is 0 Å². The Morgan fingerprint density at radius 1 is 1.20 bits per heavy atom. The third kappa shape index (κ3) is 4.66. The predicted octanol–water partition coefficient (Wildman–Crippen LogP) is 4.80. The standard InChI is InChI=1S/C18H31NO/c1-3-6-15-8-10-16(11-9-15)18(19-12-4-2)14-17-7-5-13-20-17/h5,7,13,15-16,18-19H,3-4,6,8-12,14H2,1-2H3. The lowest BCUT2D eigenvalue weighted by molar-refractivity contribution is 0.208. The molecule has 2 rings (SSSR count). The topological polar surface area (TPSA) is 25.2 Å². The summed E-state index contributed by atoms with van der Waals surface area (Å²) in [6.07, 6.45) is 12.5. The fourth-order valence-corrected chi connectivity index (χ4v) is 3.67. The molecule has 1 heterocycles. The summed E-state index contributed by atoms with van der Waals surface area (Å²) in [5.74, 6) is 2.96. The van der Waals surface area contributed by atoms with Crippen LogP contribution in [-0.2, 0) is 6.42 Å². The fourth-order valence-electron chi connectivity index (χ4n) is 3.67. The molecule has 1 aliphatic rings. The Morgan fingerprint density at radius 3 is 2.60 bits per heavy atom. The van der Waals surface area contributed by atoms with Gasteiger partial charge in [0.1, 0.15) is 5.76 Å². The first-order chi connectivity index (χ1) is 9.83. The molecule has 2 nitrogen and oxygen atoms in total. The van der Waals surface area contributed by atoms with E-state index in [9.17, 15) is 0 Å². The SMILES string of the molecule is CCCNC(Cc1ccco1)C1CCC(CCC)CC1. The van der Waals surface area contributed by atoms with Crippen molar-refractivity contribution in [1.82, 2.24) is 5.32 Å². The second kappa shape index (κ2) is 8.51. The highest BCUT2D eigenvalue weighted by Gasteiger charge is 2.27. The first-order valence-electron chi connectivity index (χ1n) is 8.59. The molecule has 0 radical (unpaired) electrons. The minimum absolute atomic E-state index is 0.601. The van der Waals surface area contributed by atoms with E-state index in [1.165, 1.54) is 44.9 Å². The zero-order chi connectivity index (χ0) is 14.2. The van der Waals surface area contributed by atoms with Crippen LogP contribution in [0.5, 0.6) is 0 Å². The van der Waals surface area contributed by atoms with E-state index in [4.69, 9.17) is 4.42 Å².